The summed E-state index contributed by atoms with van der Waals surface area (Å²) in [4.78, 5) is 26.4. The van der Waals surface area contributed by atoms with Gasteiger partial charge in [0.25, 0.3) is 0 Å². The van der Waals surface area contributed by atoms with E-state index < -0.39 is 12.0 Å². The van der Waals surface area contributed by atoms with E-state index in [1.165, 1.54) is 5.56 Å². The maximum atomic E-state index is 12.2. The van der Waals surface area contributed by atoms with Crippen molar-refractivity contribution in [3.8, 4) is 0 Å². The first-order chi connectivity index (χ1) is 8.95. The third kappa shape index (κ3) is 2.28. The first kappa shape index (κ1) is 13.4. The first-order valence-corrected chi connectivity index (χ1v) is 6.30. The van der Waals surface area contributed by atoms with E-state index in [0.29, 0.717) is 0 Å². The topological polar surface area (TPSA) is 60.9 Å². The number of anilines is 2. The normalized spacial score (nSPS) is 18.5. The molecule has 1 amide bonds. The Morgan fingerprint density at radius 2 is 2.00 bits per heavy atom. The van der Waals surface area contributed by atoms with Gasteiger partial charge in [0.2, 0.25) is 5.91 Å². The molecule has 1 heterocycles. The molecule has 1 aliphatic rings. The number of aryl methyl sites for hydroxylation is 1. The van der Waals surface area contributed by atoms with Crippen LogP contribution in [-0.2, 0) is 16.0 Å². The van der Waals surface area contributed by atoms with Crippen LogP contribution in [0, 0.1) is 0 Å². The molecule has 5 nitrogen and oxygen atoms in total. The molecule has 2 rings (SSSR count). The maximum Gasteiger partial charge on any atom is 0.305 e. The van der Waals surface area contributed by atoms with Gasteiger partial charge in [-0.1, -0.05) is 13.0 Å². The average Bonchev–Trinajstić information content (AvgIpc) is 2.40. The number of hydrogen-bond acceptors (Lipinski definition) is 3. The van der Waals surface area contributed by atoms with Gasteiger partial charge < -0.3 is 14.9 Å². The predicted octanol–water partition coefficient (Wildman–Crippen LogP) is 1.50. The summed E-state index contributed by atoms with van der Waals surface area (Å²) in [6.45, 7) is 2.06. The fraction of sp³-hybridized carbons (Fsp3) is 0.429. The zero-order valence-electron chi connectivity index (χ0n) is 11.4. The van der Waals surface area contributed by atoms with Crippen LogP contribution in [0.5, 0.6) is 0 Å². The fourth-order valence-corrected chi connectivity index (χ4v) is 2.42. The summed E-state index contributed by atoms with van der Waals surface area (Å²) >= 11 is 0. The highest BCUT2D eigenvalue weighted by atomic mass is 16.4. The molecule has 0 bridgehead atoms. The van der Waals surface area contributed by atoms with Crippen LogP contribution in [0.3, 0.4) is 0 Å². The third-order valence-electron chi connectivity index (χ3n) is 3.64. The zero-order chi connectivity index (χ0) is 14.2. The zero-order valence-corrected chi connectivity index (χ0v) is 11.4. The number of nitrogens with zero attached hydrogens (tertiary/aromatic N) is 2. The maximum absolute atomic E-state index is 12.2. The predicted molar refractivity (Wildman–Crippen MR) is 73.7 cm³/mol. The second kappa shape index (κ2) is 4.91. The second-order valence-electron chi connectivity index (χ2n) is 4.80. The molecule has 1 N–H and O–H groups in total. The molecule has 0 saturated heterocycles. The standard InChI is InChI=1S/C14H18N2O3/c1-4-9-5-6-10-11(7-9)15(2)12(8-13(17)18)14(19)16(10)3/h5-7,12H,4,8H2,1-3H3,(H,17,18). The lowest BCUT2D eigenvalue weighted by Crippen LogP contribution is -2.51. The van der Waals surface area contributed by atoms with Crippen molar-refractivity contribution in [3.05, 3.63) is 23.8 Å². The van der Waals surface area contributed by atoms with Crippen LogP contribution < -0.4 is 9.80 Å². The fourth-order valence-electron chi connectivity index (χ4n) is 2.42. The van der Waals surface area contributed by atoms with Crippen LogP contribution in [0.25, 0.3) is 0 Å². The molecule has 0 spiro atoms. The molecular weight excluding hydrogens is 244 g/mol. The van der Waals surface area contributed by atoms with Crippen LogP contribution in [0.4, 0.5) is 11.4 Å². The minimum Gasteiger partial charge on any atom is -0.481 e. The lowest BCUT2D eigenvalue weighted by molar-refractivity contribution is -0.139. The minimum atomic E-state index is -0.964. The quantitative estimate of drug-likeness (QED) is 0.897. The highest BCUT2D eigenvalue weighted by Crippen LogP contribution is 2.36. The number of likely N-dealkylation sites (N-methyl/N-ethyl adjacent to an activating group) is 2. The summed E-state index contributed by atoms with van der Waals surface area (Å²) < 4.78 is 0. The van der Waals surface area contributed by atoms with E-state index in [9.17, 15) is 9.59 Å². The van der Waals surface area contributed by atoms with Crippen LogP contribution in [-0.4, -0.2) is 37.1 Å². The summed E-state index contributed by atoms with van der Waals surface area (Å²) in [5, 5.41) is 8.94. The largest absolute Gasteiger partial charge is 0.481 e. The molecule has 1 aromatic carbocycles. The van der Waals surface area contributed by atoms with E-state index in [0.717, 1.165) is 17.8 Å². The van der Waals surface area contributed by atoms with E-state index in [4.69, 9.17) is 5.11 Å². The van der Waals surface area contributed by atoms with E-state index in [1.54, 1.807) is 23.9 Å². The van der Waals surface area contributed by atoms with Crippen molar-refractivity contribution in [1.29, 1.82) is 0 Å². The van der Waals surface area contributed by atoms with Gasteiger partial charge in [-0.05, 0) is 24.1 Å². The molecule has 19 heavy (non-hydrogen) atoms. The van der Waals surface area contributed by atoms with Gasteiger partial charge in [0, 0.05) is 14.1 Å². The van der Waals surface area contributed by atoms with Crippen LogP contribution in [0.2, 0.25) is 0 Å². The Hall–Kier alpha value is -2.04. The summed E-state index contributed by atoms with van der Waals surface area (Å²) in [7, 11) is 3.46. The summed E-state index contributed by atoms with van der Waals surface area (Å²) in [5.41, 5.74) is 2.90. The number of hydrogen-bond donors (Lipinski definition) is 1. The molecule has 0 fully saturated rings. The van der Waals surface area contributed by atoms with E-state index in [-0.39, 0.29) is 12.3 Å². The van der Waals surface area contributed by atoms with Crippen molar-refractivity contribution in [1.82, 2.24) is 0 Å². The molecular formula is C14H18N2O3. The van der Waals surface area contributed by atoms with Crippen LogP contribution in [0.1, 0.15) is 18.9 Å². The van der Waals surface area contributed by atoms with Gasteiger partial charge in [-0.2, -0.15) is 0 Å². The first-order valence-electron chi connectivity index (χ1n) is 6.30. The van der Waals surface area contributed by atoms with Crippen LogP contribution >= 0.6 is 0 Å². The number of amides is 1. The average molecular weight is 262 g/mol. The number of carbonyl (C=O) groups is 2. The Kier molecular flexibility index (Phi) is 3.46. The van der Waals surface area contributed by atoms with E-state index in [1.807, 2.05) is 18.2 Å². The highest BCUT2D eigenvalue weighted by molar-refractivity contribution is 6.06. The number of carbonyl (C=O) groups excluding carboxylic acids is 1. The Bertz CT molecular complexity index is 527. The van der Waals surface area contributed by atoms with Gasteiger partial charge in [0.05, 0.1) is 17.8 Å². The molecule has 1 aromatic rings. The molecule has 1 unspecified atom stereocenters. The Balaban J connectivity index is 2.46. The molecule has 102 valence electrons. The van der Waals surface area contributed by atoms with E-state index >= 15 is 0 Å². The number of carboxylic acids is 1. The van der Waals surface area contributed by atoms with Crippen molar-refractivity contribution < 1.29 is 14.7 Å². The number of fused-ring (bicyclic) bond motifs is 1. The Labute approximate surface area is 112 Å². The van der Waals surface area contributed by atoms with Crippen molar-refractivity contribution in [2.45, 2.75) is 25.8 Å². The second-order valence-corrected chi connectivity index (χ2v) is 4.80. The van der Waals surface area contributed by atoms with Crippen LogP contribution in [0.15, 0.2) is 18.2 Å². The monoisotopic (exact) mass is 262 g/mol. The van der Waals surface area contributed by atoms with Gasteiger partial charge in [-0.15, -0.1) is 0 Å². The highest BCUT2D eigenvalue weighted by Gasteiger charge is 2.35. The molecule has 0 radical (unpaired) electrons. The summed E-state index contributed by atoms with van der Waals surface area (Å²) in [5.74, 6) is -1.14. The minimum absolute atomic E-state index is 0.179. The van der Waals surface area contributed by atoms with Gasteiger partial charge >= 0.3 is 5.97 Å². The SMILES string of the molecule is CCc1ccc2c(c1)N(C)C(CC(=O)O)C(=O)N2C. The lowest BCUT2D eigenvalue weighted by atomic mass is 10.0. The third-order valence-corrected chi connectivity index (χ3v) is 3.64. The molecule has 0 aromatic heterocycles. The van der Waals surface area contributed by atoms with Gasteiger partial charge in [0.1, 0.15) is 6.04 Å². The smallest absolute Gasteiger partial charge is 0.305 e. The van der Waals surface area contributed by atoms with Crippen molar-refractivity contribution >= 4 is 23.3 Å². The Morgan fingerprint density at radius 1 is 1.32 bits per heavy atom. The number of aliphatic carboxylic acids is 1. The van der Waals surface area contributed by atoms with Gasteiger partial charge in [-0.3, -0.25) is 9.59 Å². The number of benzene rings is 1. The van der Waals surface area contributed by atoms with Gasteiger partial charge in [0.15, 0.2) is 0 Å². The van der Waals surface area contributed by atoms with Gasteiger partial charge in [-0.25, -0.2) is 0 Å². The molecule has 1 atom stereocenters. The summed E-state index contributed by atoms with van der Waals surface area (Å²) in [6.07, 6.45) is 0.720. The number of rotatable bonds is 3. The lowest BCUT2D eigenvalue weighted by Gasteiger charge is -2.39. The molecule has 1 aliphatic heterocycles. The molecule has 0 aliphatic carbocycles. The number of carboxylic acid groups (broad SMARTS) is 1. The summed E-state index contributed by atoms with van der Waals surface area (Å²) in [6, 6.07) is 5.29. The van der Waals surface area contributed by atoms with Crippen molar-refractivity contribution in [2.24, 2.45) is 0 Å². The van der Waals surface area contributed by atoms with E-state index in [2.05, 4.69) is 6.92 Å². The Morgan fingerprint density at radius 3 is 2.58 bits per heavy atom. The molecule has 0 saturated carbocycles. The van der Waals surface area contributed by atoms with Crippen molar-refractivity contribution in [2.75, 3.05) is 23.9 Å². The van der Waals surface area contributed by atoms with Crippen molar-refractivity contribution in [3.63, 3.8) is 0 Å². The molecule has 5 heteroatoms.